The predicted molar refractivity (Wildman–Crippen MR) is 54.5 cm³/mol. The predicted octanol–water partition coefficient (Wildman–Crippen LogP) is 2.77. The first-order valence-corrected chi connectivity index (χ1v) is 4.47. The van der Waals surface area contributed by atoms with Crippen molar-refractivity contribution in [3.63, 3.8) is 0 Å². The second-order valence-corrected chi connectivity index (χ2v) is 3.85. The first-order valence-electron chi connectivity index (χ1n) is 4.47. The standard InChI is InChI=1S/C12H14O/c1-8(2)10-5-6-12(9(3)4)11(7-10)13-12/h5-7,11H,1,3H2,2,4H3. The summed E-state index contributed by atoms with van der Waals surface area (Å²) < 4.78 is 5.60. The van der Waals surface area contributed by atoms with Crippen molar-refractivity contribution in [2.75, 3.05) is 0 Å². The van der Waals surface area contributed by atoms with E-state index in [1.54, 1.807) is 0 Å². The molecule has 0 saturated carbocycles. The van der Waals surface area contributed by atoms with Gasteiger partial charge in [-0.3, -0.25) is 0 Å². The number of epoxide rings is 1. The monoisotopic (exact) mass is 174 g/mol. The van der Waals surface area contributed by atoms with Gasteiger partial charge in [0.05, 0.1) is 0 Å². The third kappa shape index (κ3) is 1.11. The molecule has 1 aliphatic carbocycles. The highest BCUT2D eigenvalue weighted by molar-refractivity contribution is 5.50. The van der Waals surface area contributed by atoms with Crippen molar-refractivity contribution in [3.8, 4) is 0 Å². The second kappa shape index (κ2) is 2.46. The summed E-state index contributed by atoms with van der Waals surface area (Å²) in [5, 5.41) is 0. The van der Waals surface area contributed by atoms with Gasteiger partial charge in [-0.1, -0.05) is 24.8 Å². The van der Waals surface area contributed by atoms with Crippen molar-refractivity contribution in [1.82, 2.24) is 0 Å². The molecule has 2 rings (SSSR count). The van der Waals surface area contributed by atoms with E-state index in [-0.39, 0.29) is 11.7 Å². The van der Waals surface area contributed by atoms with Gasteiger partial charge in [0.25, 0.3) is 0 Å². The van der Waals surface area contributed by atoms with Gasteiger partial charge in [-0.05, 0) is 37.1 Å². The number of rotatable bonds is 2. The molecular weight excluding hydrogens is 160 g/mol. The molecule has 1 nitrogen and oxygen atoms in total. The summed E-state index contributed by atoms with van der Waals surface area (Å²) in [6.07, 6.45) is 6.48. The van der Waals surface area contributed by atoms with Crippen molar-refractivity contribution in [1.29, 1.82) is 0 Å². The number of allylic oxidation sites excluding steroid dienone is 3. The highest BCUT2D eigenvalue weighted by Crippen LogP contribution is 2.47. The normalized spacial score (nSPS) is 34.9. The van der Waals surface area contributed by atoms with E-state index < -0.39 is 0 Å². The molecule has 2 unspecified atom stereocenters. The SMILES string of the molecule is C=C(C)C1=CC2OC2(C(=C)C)C=C1. The Kier molecular flexibility index (Phi) is 1.61. The lowest BCUT2D eigenvalue weighted by Crippen LogP contribution is -2.14. The molecule has 2 aliphatic rings. The lowest BCUT2D eigenvalue weighted by atomic mass is 9.90. The fourth-order valence-corrected chi connectivity index (χ4v) is 1.67. The van der Waals surface area contributed by atoms with Gasteiger partial charge in [0.15, 0.2) is 0 Å². The number of ether oxygens (including phenoxy) is 1. The van der Waals surface area contributed by atoms with Crippen LogP contribution in [0, 0.1) is 0 Å². The summed E-state index contributed by atoms with van der Waals surface area (Å²) in [7, 11) is 0. The van der Waals surface area contributed by atoms with Gasteiger partial charge in [0.1, 0.15) is 11.7 Å². The lowest BCUT2D eigenvalue weighted by molar-refractivity contribution is 0.368. The van der Waals surface area contributed by atoms with Gasteiger partial charge >= 0.3 is 0 Å². The molecule has 1 fully saturated rings. The van der Waals surface area contributed by atoms with Crippen molar-refractivity contribution in [2.24, 2.45) is 0 Å². The van der Waals surface area contributed by atoms with Gasteiger partial charge in [0, 0.05) is 0 Å². The van der Waals surface area contributed by atoms with Crippen LogP contribution in [-0.2, 0) is 4.74 Å². The van der Waals surface area contributed by atoms with E-state index in [0.29, 0.717) is 0 Å². The summed E-state index contributed by atoms with van der Waals surface area (Å²) in [5.74, 6) is 0. The molecule has 1 heterocycles. The summed E-state index contributed by atoms with van der Waals surface area (Å²) >= 11 is 0. The Labute approximate surface area is 79.1 Å². The average Bonchev–Trinajstić information content (AvgIpc) is 2.77. The third-order valence-corrected chi connectivity index (χ3v) is 2.69. The van der Waals surface area contributed by atoms with E-state index in [2.05, 4.69) is 31.4 Å². The molecule has 0 bridgehead atoms. The first-order chi connectivity index (χ1) is 6.06. The van der Waals surface area contributed by atoms with Gasteiger partial charge < -0.3 is 4.74 Å². The summed E-state index contributed by atoms with van der Waals surface area (Å²) in [5.41, 5.74) is 3.16. The van der Waals surface area contributed by atoms with Crippen LogP contribution in [-0.4, -0.2) is 11.7 Å². The Hall–Kier alpha value is -1.08. The van der Waals surface area contributed by atoms with Gasteiger partial charge in [-0.2, -0.15) is 0 Å². The molecule has 68 valence electrons. The number of hydrogen-bond acceptors (Lipinski definition) is 1. The van der Waals surface area contributed by atoms with Crippen LogP contribution in [0.4, 0.5) is 0 Å². The van der Waals surface area contributed by atoms with Crippen LogP contribution >= 0.6 is 0 Å². The molecule has 1 heteroatoms. The molecule has 0 N–H and O–H groups in total. The maximum atomic E-state index is 5.60. The summed E-state index contributed by atoms with van der Waals surface area (Å²) in [6.45, 7) is 11.8. The molecular formula is C12H14O. The lowest BCUT2D eigenvalue weighted by Gasteiger charge is -2.11. The fourth-order valence-electron chi connectivity index (χ4n) is 1.67. The van der Waals surface area contributed by atoms with Crippen molar-refractivity contribution in [3.05, 3.63) is 48.1 Å². The molecule has 0 aromatic carbocycles. The molecule has 13 heavy (non-hydrogen) atoms. The minimum atomic E-state index is -0.182. The van der Waals surface area contributed by atoms with Crippen LogP contribution in [0.2, 0.25) is 0 Å². The Morgan fingerprint density at radius 1 is 1.46 bits per heavy atom. The minimum Gasteiger partial charge on any atom is -0.352 e. The molecule has 0 amide bonds. The summed E-state index contributed by atoms with van der Waals surface area (Å²) in [6, 6.07) is 0. The van der Waals surface area contributed by atoms with Crippen LogP contribution in [0.3, 0.4) is 0 Å². The molecule has 0 spiro atoms. The quantitative estimate of drug-likeness (QED) is 0.463. The van der Waals surface area contributed by atoms with Crippen molar-refractivity contribution in [2.45, 2.75) is 25.6 Å². The zero-order chi connectivity index (χ0) is 9.64. The molecule has 1 aliphatic heterocycles. The zero-order valence-electron chi connectivity index (χ0n) is 8.13. The molecule has 0 aromatic rings. The zero-order valence-corrected chi connectivity index (χ0v) is 8.13. The largest absolute Gasteiger partial charge is 0.352 e. The van der Waals surface area contributed by atoms with Crippen LogP contribution < -0.4 is 0 Å². The van der Waals surface area contributed by atoms with E-state index in [1.807, 2.05) is 13.8 Å². The highest BCUT2D eigenvalue weighted by atomic mass is 16.6. The van der Waals surface area contributed by atoms with Crippen molar-refractivity contribution >= 4 is 0 Å². The average molecular weight is 174 g/mol. The van der Waals surface area contributed by atoms with Crippen LogP contribution in [0.15, 0.2) is 48.1 Å². The van der Waals surface area contributed by atoms with E-state index in [0.717, 1.165) is 11.1 Å². The highest BCUT2D eigenvalue weighted by Gasteiger charge is 2.55. The van der Waals surface area contributed by atoms with E-state index in [9.17, 15) is 0 Å². The molecule has 2 atom stereocenters. The van der Waals surface area contributed by atoms with Crippen LogP contribution in [0.1, 0.15) is 13.8 Å². The van der Waals surface area contributed by atoms with Crippen LogP contribution in [0.5, 0.6) is 0 Å². The summed E-state index contributed by atoms with van der Waals surface area (Å²) in [4.78, 5) is 0. The Bertz CT molecular complexity index is 346. The Morgan fingerprint density at radius 2 is 2.15 bits per heavy atom. The van der Waals surface area contributed by atoms with Gasteiger partial charge in [-0.25, -0.2) is 0 Å². The van der Waals surface area contributed by atoms with Gasteiger partial charge in [0.2, 0.25) is 0 Å². The maximum Gasteiger partial charge on any atom is 0.138 e. The molecule has 0 aromatic heterocycles. The topological polar surface area (TPSA) is 12.5 Å². The van der Waals surface area contributed by atoms with Crippen molar-refractivity contribution < 1.29 is 4.74 Å². The maximum absolute atomic E-state index is 5.60. The molecule has 0 radical (unpaired) electrons. The van der Waals surface area contributed by atoms with Gasteiger partial charge in [-0.15, -0.1) is 0 Å². The number of fused-ring (bicyclic) bond motifs is 1. The van der Waals surface area contributed by atoms with Crippen LogP contribution in [0.25, 0.3) is 0 Å². The second-order valence-electron chi connectivity index (χ2n) is 3.85. The Morgan fingerprint density at radius 3 is 2.62 bits per heavy atom. The third-order valence-electron chi connectivity index (χ3n) is 2.69. The number of hydrogen-bond donors (Lipinski definition) is 0. The Balaban J connectivity index is 2.26. The van der Waals surface area contributed by atoms with E-state index in [4.69, 9.17) is 4.74 Å². The smallest absolute Gasteiger partial charge is 0.138 e. The fraction of sp³-hybridized carbons (Fsp3) is 0.333. The van der Waals surface area contributed by atoms with E-state index in [1.165, 1.54) is 5.57 Å². The van der Waals surface area contributed by atoms with E-state index >= 15 is 0 Å². The minimum absolute atomic E-state index is 0.182. The first kappa shape index (κ1) is 8.52. The molecule has 1 saturated heterocycles.